The Hall–Kier alpha value is -1.29. The molecule has 76 valence electrons. The van der Waals surface area contributed by atoms with E-state index in [-0.39, 0.29) is 12.0 Å². The molecule has 14 heavy (non-hydrogen) atoms. The average molecular weight is 216 g/mol. The van der Waals surface area contributed by atoms with Crippen LogP contribution in [0.15, 0.2) is 23.1 Å². The van der Waals surface area contributed by atoms with Crippen LogP contribution in [0.5, 0.6) is 0 Å². The Morgan fingerprint density at radius 3 is 2.86 bits per heavy atom. The second-order valence-electron chi connectivity index (χ2n) is 2.88. The van der Waals surface area contributed by atoms with Crippen LogP contribution < -0.4 is 5.56 Å². The van der Waals surface area contributed by atoms with Gasteiger partial charge < -0.3 is 9.67 Å². The molecule has 0 aliphatic rings. The van der Waals surface area contributed by atoms with E-state index < -0.39 is 5.97 Å². The SMILES string of the molecule is O=C(O)CCCn1cc(Cl)ccc1=O. The number of nitrogens with zero attached hydrogens (tertiary/aromatic N) is 1. The summed E-state index contributed by atoms with van der Waals surface area (Å²) in [6.45, 7) is 0.381. The monoisotopic (exact) mass is 215 g/mol. The van der Waals surface area contributed by atoms with Crippen LogP contribution >= 0.6 is 11.6 Å². The lowest BCUT2D eigenvalue weighted by Gasteiger charge is -2.03. The molecule has 1 heterocycles. The first-order valence-corrected chi connectivity index (χ1v) is 4.55. The van der Waals surface area contributed by atoms with E-state index in [9.17, 15) is 9.59 Å². The summed E-state index contributed by atoms with van der Waals surface area (Å²) in [5.74, 6) is -0.861. The Balaban J connectivity index is 2.62. The van der Waals surface area contributed by atoms with Crippen molar-refractivity contribution < 1.29 is 9.90 Å². The highest BCUT2D eigenvalue weighted by Crippen LogP contribution is 2.04. The molecule has 0 saturated carbocycles. The molecule has 1 aromatic heterocycles. The summed E-state index contributed by atoms with van der Waals surface area (Å²) in [5, 5.41) is 8.87. The normalized spacial score (nSPS) is 10.1. The van der Waals surface area contributed by atoms with Crippen molar-refractivity contribution in [2.45, 2.75) is 19.4 Å². The van der Waals surface area contributed by atoms with E-state index >= 15 is 0 Å². The van der Waals surface area contributed by atoms with Gasteiger partial charge in [0.2, 0.25) is 0 Å². The van der Waals surface area contributed by atoms with Crippen molar-refractivity contribution in [3.8, 4) is 0 Å². The van der Waals surface area contributed by atoms with Crippen molar-refractivity contribution in [3.05, 3.63) is 33.7 Å². The van der Waals surface area contributed by atoms with Crippen LogP contribution in [-0.4, -0.2) is 15.6 Å². The fourth-order valence-corrected chi connectivity index (χ4v) is 1.26. The predicted octanol–water partition coefficient (Wildman–Crippen LogP) is 1.37. The maximum absolute atomic E-state index is 11.2. The third kappa shape index (κ3) is 3.22. The molecule has 0 aliphatic heterocycles. The standard InChI is InChI=1S/C9H10ClNO3/c10-7-3-4-8(12)11(6-7)5-1-2-9(13)14/h3-4,6H,1-2,5H2,(H,13,14). The molecular formula is C9H10ClNO3. The number of carbonyl (C=O) groups is 1. The van der Waals surface area contributed by atoms with E-state index in [1.54, 1.807) is 0 Å². The minimum Gasteiger partial charge on any atom is -0.481 e. The van der Waals surface area contributed by atoms with Gasteiger partial charge >= 0.3 is 5.97 Å². The van der Waals surface area contributed by atoms with Gasteiger partial charge in [0.25, 0.3) is 5.56 Å². The number of aliphatic carboxylic acids is 1. The van der Waals surface area contributed by atoms with Crippen molar-refractivity contribution in [3.63, 3.8) is 0 Å². The molecule has 0 aliphatic carbocycles. The molecule has 0 fully saturated rings. The van der Waals surface area contributed by atoms with E-state index in [0.717, 1.165) is 0 Å². The Bertz CT molecular complexity index is 386. The maximum Gasteiger partial charge on any atom is 0.303 e. The van der Waals surface area contributed by atoms with Crippen molar-refractivity contribution in [2.75, 3.05) is 0 Å². The van der Waals surface area contributed by atoms with Gasteiger partial charge in [-0.2, -0.15) is 0 Å². The van der Waals surface area contributed by atoms with Crippen LogP contribution in [0.1, 0.15) is 12.8 Å². The maximum atomic E-state index is 11.2. The molecule has 5 heteroatoms. The van der Waals surface area contributed by atoms with Crippen LogP contribution in [0, 0.1) is 0 Å². The number of aryl methyl sites for hydroxylation is 1. The van der Waals surface area contributed by atoms with Crippen LogP contribution in [0.2, 0.25) is 5.02 Å². The van der Waals surface area contributed by atoms with Crippen LogP contribution in [0.3, 0.4) is 0 Å². The van der Waals surface area contributed by atoms with Gasteiger partial charge in [-0.25, -0.2) is 0 Å². The summed E-state index contributed by atoms with van der Waals surface area (Å²) in [5.41, 5.74) is -0.167. The Morgan fingerprint density at radius 2 is 2.21 bits per heavy atom. The van der Waals surface area contributed by atoms with Gasteiger partial charge in [-0.3, -0.25) is 9.59 Å². The molecule has 1 rings (SSSR count). The van der Waals surface area contributed by atoms with Gasteiger partial charge in [-0.1, -0.05) is 11.6 Å². The molecular weight excluding hydrogens is 206 g/mol. The zero-order valence-electron chi connectivity index (χ0n) is 7.44. The lowest BCUT2D eigenvalue weighted by molar-refractivity contribution is -0.137. The number of hydrogen-bond donors (Lipinski definition) is 1. The molecule has 0 unspecified atom stereocenters. The summed E-state index contributed by atoms with van der Waals surface area (Å²) in [6, 6.07) is 2.88. The van der Waals surface area contributed by atoms with Crippen LogP contribution in [-0.2, 0) is 11.3 Å². The Labute approximate surface area is 85.7 Å². The molecule has 0 saturated heterocycles. The van der Waals surface area contributed by atoms with Crippen LogP contribution in [0.4, 0.5) is 0 Å². The smallest absolute Gasteiger partial charge is 0.303 e. The molecule has 1 aromatic rings. The van der Waals surface area contributed by atoms with Crippen LogP contribution in [0.25, 0.3) is 0 Å². The van der Waals surface area contributed by atoms with Crippen molar-refractivity contribution in [1.29, 1.82) is 0 Å². The second kappa shape index (κ2) is 4.81. The molecule has 0 radical (unpaired) electrons. The number of aromatic nitrogens is 1. The van der Waals surface area contributed by atoms with E-state index in [2.05, 4.69) is 0 Å². The molecule has 0 bridgehead atoms. The number of rotatable bonds is 4. The lowest BCUT2D eigenvalue weighted by Crippen LogP contribution is -2.18. The molecule has 0 aromatic carbocycles. The average Bonchev–Trinajstić information content (AvgIpc) is 2.10. The molecule has 0 atom stereocenters. The fourth-order valence-electron chi connectivity index (χ4n) is 1.08. The summed E-state index contributed by atoms with van der Waals surface area (Å²) in [6.07, 6.45) is 1.99. The minimum atomic E-state index is -0.861. The van der Waals surface area contributed by atoms with Gasteiger partial charge in [0.05, 0.1) is 5.02 Å². The van der Waals surface area contributed by atoms with Gasteiger partial charge in [0.1, 0.15) is 0 Å². The quantitative estimate of drug-likeness (QED) is 0.825. The van der Waals surface area contributed by atoms with Crippen molar-refractivity contribution in [1.82, 2.24) is 4.57 Å². The molecule has 0 amide bonds. The van der Waals surface area contributed by atoms with E-state index in [1.165, 1.54) is 22.9 Å². The van der Waals surface area contributed by atoms with E-state index in [0.29, 0.717) is 18.0 Å². The summed E-state index contributed by atoms with van der Waals surface area (Å²) >= 11 is 5.68. The molecule has 0 spiro atoms. The number of halogens is 1. The highest BCUT2D eigenvalue weighted by molar-refractivity contribution is 6.30. The summed E-state index contributed by atoms with van der Waals surface area (Å²) in [4.78, 5) is 21.4. The number of carboxylic acid groups (broad SMARTS) is 1. The van der Waals surface area contributed by atoms with Crippen molar-refractivity contribution in [2.24, 2.45) is 0 Å². The zero-order valence-corrected chi connectivity index (χ0v) is 8.20. The fraction of sp³-hybridized carbons (Fsp3) is 0.333. The summed E-state index contributed by atoms with van der Waals surface area (Å²) < 4.78 is 1.41. The van der Waals surface area contributed by atoms with Gasteiger partial charge in [-0.15, -0.1) is 0 Å². The third-order valence-electron chi connectivity index (χ3n) is 1.74. The first-order chi connectivity index (χ1) is 6.59. The zero-order chi connectivity index (χ0) is 10.6. The number of hydrogen-bond acceptors (Lipinski definition) is 2. The Morgan fingerprint density at radius 1 is 1.50 bits per heavy atom. The second-order valence-corrected chi connectivity index (χ2v) is 3.31. The highest BCUT2D eigenvalue weighted by Gasteiger charge is 1.99. The topological polar surface area (TPSA) is 59.3 Å². The third-order valence-corrected chi connectivity index (χ3v) is 1.96. The number of pyridine rings is 1. The molecule has 4 nitrogen and oxygen atoms in total. The van der Waals surface area contributed by atoms with E-state index in [4.69, 9.17) is 16.7 Å². The first-order valence-electron chi connectivity index (χ1n) is 4.17. The van der Waals surface area contributed by atoms with E-state index in [1.807, 2.05) is 0 Å². The summed E-state index contributed by atoms with van der Waals surface area (Å²) in [7, 11) is 0. The Kier molecular flexibility index (Phi) is 3.71. The lowest BCUT2D eigenvalue weighted by atomic mass is 10.3. The first kappa shape index (κ1) is 10.8. The predicted molar refractivity (Wildman–Crippen MR) is 52.6 cm³/mol. The van der Waals surface area contributed by atoms with Crippen molar-refractivity contribution >= 4 is 17.6 Å². The molecule has 1 N–H and O–H groups in total. The minimum absolute atomic E-state index is 0.0545. The highest BCUT2D eigenvalue weighted by atomic mass is 35.5. The van der Waals surface area contributed by atoms with Gasteiger partial charge in [-0.05, 0) is 12.5 Å². The largest absolute Gasteiger partial charge is 0.481 e. The van der Waals surface area contributed by atoms with Gasteiger partial charge in [0, 0.05) is 25.2 Å². The number of carboxylic acids is 1. The van der Waals surface area contributed by atoms with Gasteiger partial charge in [0.15, 0.2) is 0 Å².